The Morgan fingerprint density at radius 3 is 2.04 bits per heavy atom. The van der Waals surface area contributed by atoms with Crippen molar-refractivity contribution in [2.45, 2.75) is 112 Å². The number of hydrogen-bond acceptors (Lipinski definition) is 10. The highest BCUT2D eigenvalue weighted by Gasteiger charge is 2.71. The number of quaternary nitrogens is 1. The predicted molar refractivity (Wildman–Crippen MR) is 192 cm³/mol. The summed E-state index contributed by atoms with van der Waals surface area (Å²) in [4.78, 5) is 25.5. The van der Waals surface area contributed by atoms with Crippen LogP contribution in [0.3, 0.4) is 0 Å². The molecule has 0 radical (unpaired) electrons. The predicted octanol–water partition coefficient (Wildman–Crippen LogP) is 3.40. The first-order valence-electron chi connectivity index (χ1n) is 18.0. The Morgan fingerprint density at radius 2 is 1.54 bits per heavy atom. The zero-order chi connectivity index (χ0) is 36.0. The summed E-state index contributed by atoms with van der Waals surface area (Å²) in [7, 11) is 6.11. The summed E-state index contributed by atoms with van der Waals surface area (Å²) in [6, 6.07) is 16.2. The molecule has 5 atom stereocenters. The van der Waals surface area contributed by atoms with Gasteiger partial charge in [-0.2, -0.15) is 5.26 Å². The number of methoxy groups -OCH3 is 1. The Labute approximate surface area is 323 Å². The molecule has 2 N–H and O–H groups in total. The number of halogens is 1. The molecule has 3 aliphatic heterocycles. The van der Waals surface area contributed by atoms with Crippen molar-refractivity contribution in [3.63, 3.8) is 0 Å². The molecular formula is C39H47BrN2O8S2. The van der Waals surface area contributed by atoms with E-state index in [1.165, 1.54) is 35.5 Å². The number of morpholine rings is 1. The Bertz CT molecular complexity index is 1690. The van der Waals surface area contributed by atoms with Crippen molar-refractivity contribution < 1.29 is 60.2 Å². The molecule has 280 valence electrons. The van der Waals surface area contributed by atoms with E-state index in [-0.39, 0.29) is 35.1 Å². The number of fused-ring (bicyclic) bond motifs is 5. The van der Waals surface area contributed by atoms with Gasteiger partial charge < -0.3 is 50.6 Å². The summed E-state index contributed by atoms with van der Waals surface area (Å²) in [5.41, 5.74) is -1.44. The van der Waals surface area contributed by atoms with Crippen molar-refractivity contribution >= 4 is 34.6 Å². The molecule has 52 heavy (non-hydrogen) atoms. The fourth-order valence-corrected chi connectivity index (χ4v) is 10.6. The molecule has 5 aliphatic rings. The number of nitrogens with zero attached hydrogens (tertiary/aromatic N) is 2. The van der Waals surface area contributed by atoms with E-state index in [0.29, 0.717) is 71.2 Å². The zero-order valence-electron chi connectivity index (χ0n) is 29.7. The second kappa shape index (κ2) is 15.4. The molecule has 2 bridgehead atoms. The van der Waals surface area contributed by atoms with Crippen LogP contribution in [0.1, 0.15) is 79.5 Å². The number of carbonyl (C=O) groups excluding carboxylic acids is 1. The van der Waals surface area contributed by atoms with Gasteiger partial charge in [-0.05, 0) is 92.0 Å². The summed E-state index contributed by atoms with van der Waals surface area (Å²) >= 11 is 2.74. The number of epoxide rings is 1. The molecule has 0 amide bonds. The van der Waals surface area contributed by atoms with Gasteiger partial charge >= 0.3 is 11.9 Å². The maximum Gasteiger partial charge on any atom is 0.349 e. The molecule has 8 rings (SSSR count). The van der Waals surface area contributed by atoms with Crippen molar-refractivity contribution in [2.75, 3.05) is 21.2 Å². The lowest BCUT2D eigenvalue weighted by Crippen LogP contribution is -3.00. The quantitative estimate of drug-likeness (QED) is 0.189. The van der Waals surface area contributed by atoms with Crippen LogP contribution in [0.2, 0.25) is 0 Å². The maximum absolute atomic E-state index is 13.1. The first kappa shape index (κ1) is 38.7. The average molecular weight is 816 g/mol. The minimum Gasteiger partial charge on any atom is -1.00 e. The van der Waals surface area contributed by atoms with Crippen molar-refractivity contribution in [3.05, 3.63) is 68.5 Å². The van der Waals surface area contributed by atoms with Crippen LogP contribution in [0, 0.1) is 17.2 Å². The van der Waals surface area contributed by atoms with Gasteiger partial charge in [-0.15, -0.1) is 22.7 Å². The number of hydrogen-bond donors (Lipinski definition) is 2. The number of benzene rings is 1. The Balaban J connectivity index is 0.000000175. The van der Waals surface area contributed by atoms with Crippen LogP contribution in [0.15, 0.2) is 53.2 Å². The minimum atomic E-state index is -1.72. The van der Waals surface area contributed by atoms with Crippen LogP contribution in [0.5, 0.6) is 11.5 Å². The molecule has 3 unspecified atom stereocenters. The second-order valence-corrected chi connectivity index (χ2v) is 17.1. The standard InChI is InChI=1S/C20H25NO4.C19H22NO4S2.BrH/c1-24-17-7-6-15(12-18(17)25-16-4-2-3-5-16)20(13-21)10-8-14(9-11-20)19(22)23;1-20(2)12-9-11(10-13(20)17-16(12)24-17)23-18(21)19(22,14-5-3-7-25-14)15-6-4-8-26-15;/h6-7,12,14,16H,2-5,8-11H2,1H3,(H,22,23);3-8,11-13,16-17,22H,9-10H2,1-2H3;1H/q;+1;/p-1/t;11?,12?,13?,16-,17+;. The van der Waals surface area contributed by atoms with Crippen LogP contribution in [-0.2, 0) is 30.1 Å². The number of likely N-dealkylation sites (N-methyl/N-ethyl adjacent to an activating group) is 1. The fourth-order valence-electron chi connectivity index (χ4n) is 8.90. The second-order valence-electron chi connectivity index (χ2n) is 15.2. The minimum absolute atomic E-state index is 0. The van der Waals surface area contributed by atoms with Gasteiger partial charge in [-0.25, -0.2) is 4.79 Å². The lowest BCUT2D eigenvalue weighted by molar-refractivity contribution is -0.938. The molecule has 13 heteroatoms. The fraction of sp³-hybridized carbons (Fsp3) is 0.564. The van der Waals surface area contributed by atoms with Crippen molar-refractivity contribution in [3.8, 4) is 17.6 Å². The van der Waals surface area contributed by atoms with Crippen LogP contribution < -0.4 is 26.5 Å². The number of nitriles is 1. The highest BCUT2D eigenvalue weighted by Crippen LogP contribution is 2.52. The van der Waals surface area contributed by atoms with Gasteiger partial charge in [0.25, 0.3) is 0 Å². The molecule has 10 nitrogen and oxygen atoms in total. The number of carboxylic acids is 1. The largest absolute Gasteiger partial charge is 1.00 e. The highest BCUT2D eigenvalue weighted by atomic mass is 79.9. The summed E-state index contributed by atoms with van der Waals surface area (Å²) in [6.07, 6.45) is 8.94. The number of thiophene rings is 2. The topological polar surface area (TPSA) is 139 Å². The number of carbonyl (C=O) groups is 2. The van der Waals surface area contributed by atoms with Crippen LogP contribution in [-0.4, -0.2) is 84.3 Å². The number of ether oxygens (including phenoxy) is 4. The van der Waals surface area contributed by atoms with Gasteiger partial charge in [-0.1, -0.05) is 18.2 Å². The van der Waals surface area contributed by atoms with Crippen molar-refractivity contribution in [2.24, 2.45) is 5.92 Å². The molecule has 2 aliphatic carbocycles. The molecule has 3 aromatic rings. The van der Waals surface area contributed by atoms with E-state index < -0.39 is 23.0 Å². The number of aliphatic carboxylic acids is 1. The van der Waals surface area contributed by atoms with Crippen molar-refractivity contribution in [1.82, 2.24) is 0 Å². The number of piperidine rings is 1. The first-order valence-corrected chi connectivity index (χ1v) is 19.8. The van der Waals surface area contributed by atoms with E-state index in [1.54, 1.807) is 19.2 Å². The van der Waals surface area contributed by atoms with Gasteiger partial charge in [0.1, 0.15) is 30.4 Å². The van der Waals surface area contributed by atoms with Crippen LogP contribution >= 0.6 is 22.7 Å². The molecule has 2 aromatic heterocycles. The number of esters is 1. The van der Waals surface area contributed by atoms with E-state index >= 15 is 0 Å². The maximum atomic E-state index is 13.1. The smallest absolute Gasteiger partial charge is 0.349 e. The normalized spacial score (nSPS) is 30.1. The van der Waals surface area contributed by atoms with Gasteiger partial charge in [0.05, 0.1) is 54.5 Å². The lowest BCUT2D eigenvalue weighted by atomic mass is 9.67. The molecule has 5 fully saturated rings. The Morgan fingerprint density at radius 1 is 0.942 bits per heavy atom. The van der Waals surface area contributed by atoms with Gasteiger partial charge in [-0.3, -0.25) is 4.79 Å². The summed E-state index contributed by atoms with van der Waals surface area (Å²) in [5.74, 6) is -0.279. The number of rotatable bonds is 9. The van der Waals surface area contributed by atoms with Gasteiger partial charge in [0.15, 0.2) is 11.5 Å². The van der Waals surface area contributed by atoms with E-state index in [0.717, 1.165) is 35.7 Å². The summed E-state index contributed by atoms with van der Waals surface area (Å²) < 4.78 is 24.2. The molecule has 0 spiro atoms. The third-order valence-corrected chi connectivity index (χ3v) is 14.0. The van der Waals surface area contributed by atoms with E-state index in [2.05, 4.69) is 20.2 Å². The number of carboxylic acid groups (broad SMARTS) is 1. The third-order valence-electron chi connectivity index (χ3n) is 12.1. The van der Waals surface area contributed by atoms with E-state index in [1.807, 2.05) is 41.1 Å². The van der Waals surface area contributed by atoms with Crippen LogP contribution in [0.4, 0.5) is 0 Å². The molecular weight excluding hydrogens is 768 g/mol. The number of aliphatic hydroxyl groups is 1. The Kier molecular flexibility index (Phi) is 11.5. The Hall–Kier alpha value is -2.99. The van der Waals surface area contributed by atoms with Gasteiger partial charge in [0.2, 0.25) is 5.60 Å². The molecule has 5 heterocycles. The monoisotopic (exact) mass is 814 g/mol. The lowest BCUT2D eigenvalue weighted by Gasteiger charge is -2.45. The molecule has 3 saturated heterocycles. The summed E-state index contributed by atoms with van der Waals surface area (Å²) in [6.45, 7) is 0. The zero-order valence-corrected chi connectivity index (χ0v) is 33.0. The van der Waals surface area contributed by atoms with Gasteiger partial charge in [0, 0.05) is 12.8 Å². The van der Waals surface area contributed by atoms with Crippen molar-refractivity contribution in [1.29, 1.82) is 5.26 Å². The first-order chi connectivity index (χ1) is 24.5. The van der Waals surface area contributed by atoms with Crippen LogP contribution in [0.25, 0.3) is 0 Å². The molecule has 1 aromatic carbocycles. The van der Waals surface area contributed by atoms with E-state index in [9.17, 15) is 25.1 Å². The highest BCUT2D eigenvalue weighted by molar-refractivity contribution is 7.12. The average Bonchev–Trinajstić information content (AvgIpc) is 3.62. The summed E-state index contributed by atoms with van der Waals surface area (Å²) in [5, 5.41) is 34.2. The third kappa shape index (κ3) is 7.15. The molecule has 2 saturated carbocycles. The van der Waals surface area contributed by atoms with E-state index in [4.69, 9.17) is 18.9 Å². The SMILES string of the molecule is COc1ccc(C2(C#N)CCC(C(=O)O)CC2)cc1OC1CCCC1.C[N+]1(C)C2CC(OC(=O)C(O)(c3cccs3)c3cccs3)CC1[C@@H]1O[C@H]21.[Br-].